The average Bonchev–Trinajstić information content (AvgIpc) is 2.37. The molecule has 21 heavy (non-hydrogen) atoms. The number of hydrogen-bond acceptors (Lipinski definition) is 4. The van der Waals surface area contributed by atoms with Crippen LogP contribution in [-0.4, -0.2) is 49.0 Å². The summed E-state index contributed by atoms with van der Waals surface area (Å²) >= 11 is 0. The third-order valence-corrected chi connectivity index (χ3v) is 3.12. The van der Waals surface area contributed by atoms with E-state index in [0.717, 1.165) is 4.90 Å². The number of methoxy groups -OCH3 is 1. The van der Waals surface area contributed by atoms with Crippen LogP contribution in [0, 0.1) is 0 Å². The van der Waals surface area contributed by atoms with Crippen LogP contribution in [0.2, 0.25) is 0 Å². The number of para-hydroxylation sites is 1. The minimum absolute atomic E-state index is 0.121. The summed E-state index contributed by atoms with van der Waals surface area (Å²) in [4.78, 5) is 1.13. The van der Waals surface area contributed by atoms with Crippen LogP contribution >= 0.6 is 0 Å². The number of benzene rings is 1. The van der Waals surface area contributed by atoms with E-state index in [9.17, 15) is 13.2 Å². The van der Waals surface area contributed by atoms with E-state index in [1.165, 1.54) is 7.11 Å². The SMILES string of the molecule is COc1ccccc1C(C(C)N)N(CCO)CC(F)(F)F. The zero-order valence-corrected chi connectivity index (χ0v) is 12.1. The van der Waals surface area contributed by atoms with Gasteiger partial charge in [0.25, 0.3) is 0 Å². The van der Waals surface area contributed by atoms with Gasteiger partial charge in [-0.2, -0.15) is 13.2 Å². The van der Waals surface area contributed by atoms with Crippen molar-refractivity contribution in [1.82, 2.24) is 4.90 Å². The number of nitrogens with two attached hydrogens (primary N) is 1. The molecular formula is C14H21F3N2O2. The first-order valence-corrected chi connectivity index (χ1v) is 6.60. The lowest BCUT2D eigenvalue weighted by molar-refractivity contribution is -0.153. The van der Waals surface area contributed by atoms with Crippen molar-refractivity contribution in [1.29, 1.82) is 0 Å². The molecular weight excluding hydrogens is 285 g/mol. The Balaban J connectivity index is 3.18. The smallest absolute Gasteiger partial charge is 0.401 e. The lowest BCUT2D eigenvalue weighted by Gasteiger charge is -2.35. The van der Waals surface area contributed by atoms with Crippen LogP contribution in [0.5, 0.6) is 5.75 Å². The summed E-state index contributed by atoms with van der Waals surface area (Å²) in [5.41, 5.74) is 6.47. The number of halogens is 3. The number of rotatable bonds is 7. The highest BCUT2D eigenvalue weighted by atomic mass is 19.4. The molecule has 1 aromatic carbocycles. The van der Waals surface area contributed by atoms with Crippen molar-refractivity contribution in [3.63, 3.8) is 0 Å². The molecule has 0 saturated carbocycles. The second-order valence-corrected chi connectivity index (χ2v) is 4.86. The molecule has 0 saturated heterocycles. The molecule has 1 rings (SSSR count). The lowest BCUT2D eigenvalue weighted by atomic mass is 9.98. The molecule has 0 aliphatic rings. The highest BCUT2D eigenvalue weighted by Crippen LogP contribution is 2.33. The zero-order chi connectivity index (χ0) is 16.0. The first-order valence-electron chi connectivity index (χ1n) is 6.60. The standard InChI is InChI=1S/C14H21F3N2O2/c1-10(18)13(11-5-3-4-6-12(11)21-2)19(7-8-20)9-14(15,16)17/h3-6,10,13,20H,7-9,18H2,1-2H3. The molecule has 120 valence electrons. The Morgan fingerprint density at radius 3 is 2.43 bits per heavy atom. The maximum absolute atomic E-state index is 12.8. The van der Waals surface area contributed by atoms with E-state index < -0.39 is 24.8 Å². The number of nitrogens with zero attached hydrogens (tertiary/aromatic N) is 1. The van der Waals surface area contributed by atoms with Crippen molar-refractivity contribution in [2.24, 2.45) is 5.73 Å². The normalized spacial score (nSPS) is 15.0. The Bertz CT molecular complexity index is 438. The minimum Gasteiger partial charge on any atom is -0.496 e. The van der Waals surface area contributed by atoms with E-state index in [2.05, 4.69) is 0 Å². The van der Waals surface area contributed by atoms with E-state index >= 15 is 0 Å². The Kier molecular flexibility index (Phi) is 6.44. The zero-order valence-electron chi connectivity index (χ0n) is 12.1. The molecule has 0 bridgehead atoms. The number of alkyl halides is 3. The van der Waals surface area contributed by atoms with E-state index in [-0.39, 0.29) is 13.2 Å². The van der Waals surface area contributed by atoms with Gasteiger partial charge in [0.2, 0.25) is 0 Å². The Labute approximate surface area is 122 Å². The van der Waals surface area contributed by atoms with Crippen LogP contribution in [0.3, 0.4) is 0 Å². The van der Waals surface area contributed by atoms with Crippen LogP contribution < -0.4 is 10.5 Å². The number of ether oxygens (including phenoxy) is 1. The van der Waals surface area contributed by atoms with Gasteiger partial charge in [0, 0.05) is 18.2 Å². The molecule has 0 amide bonds. The van der Waals surface area contributed by atoms with Gasteiger partial charge in [0.15, 0.2) is 0 Å². The summed E-state index contributed by atoms with van der Waals surface area (Å²) in [6.07, 6.45) is -4.37. The van der Waals surface area contributed by atoms with Gasteiger partial charge in [-0.3, -0.25) is 4.90 Å². The fraction of sp³-hybridized carbons (Fsp3) is 0.571. The monoisotopic (exact) mass is 306 g/mol. The van der Waals surface area contributed by atoms with Gasteiger partial charge < -0.3 is 15.6 Å². The summed E-state index contributed by atoms with van der Waals surface area (Å²) in [6.45, 7) is -0.00607. The van der Waals surface area contributed by atoms with Crippen LogP contribution in [-0.2, 0) is 0 Å². The predicted octanol–water partition coefficient (Wildman–Crippen LogP) is 1.94. The Hall–Kier alpha value is -1.31. The molecule has 0 aliphatic heterocycles. The number of aliphatic hydroxyl groups excluding tert-OH is 1. The number of hydrogen-bond donors (Lipinski definition) is 2. The van der Waals surface area contributed by atoms with E-state index in [4.69, 9.17) is 15.6 Å². The molecule has 0 spiro atoms. The molecule has 4 nitrogen and oxygen atoms in total. The molecule has 1 aromatic rings. The van der Waals surface area contributed by atoms with Gasteiger partial charge in [-0.05, 0) is 13.0 Å². The van der Waals surface area contributed by atoms with Crippen LogP contribution in [0.15, 0.2) is 24.3 Å². The maximum atomic E-state index is 12.8. The molecule has 0 heterocycles. The van der Waals surface area contributed by atoms with Gasteiger partial charge in [0.05, 0.1) is 26.3 Å². The van der Waals surface area contributed by atoms with E-state index in [1.54, 1.807) is 31.2 Å². The van der Waals surface area contributed by atoms with Crippen molar-refractivity contribution < 1.29 is 23.0 Å². The van der Waals surface area contributed by atoms with Gasteiger partial charge in [-0.15, -0.1) is 0 Å². The number of aliphatic hydroxyl groups is 1. The fourth-order valence-corrected chi connectivity index (χ4v) is 2.40. The Morgan fingerprint density at radius 1 is 1.33 bits per heavy atom. The summed E-state index contributed by atoms with van der Waals surface area (Å²) in [5.74, 6) is 0.477. The fourth-order valence-electron chi connectivity index (χ4n) is 2.40. The predicted molar refractivity (Wildman–Crippen MR) is 74.1 cm³/mol. The molecule has 0 aliphatic carbocycles. The summed E-state index contributed by atoms with van der Waals surface area (Å²) < 4.78 is 43.5. The quantitative estimate of drug-likeness (QED) is 0.808. The first kappa shape index (κ1) is 17.7. The van der Waals surface area contributed by atoms with Crippen molar-refractivity contribution in [3.8, 4) is 5.75 Å². The van der Waals surface area contributed by atoms with Crippen molar-refractivity contribution in [2.75, 3.05) is 26.8 Å². The highest BCUT2D eigenvalue weighted by Gasteiger charge is 2.36. The van der Waals surface area contributed by atoms with Gasteiger partial charge in [-0.25, -0.2) is 0 Å². The second-order valence-electron chi connectivity index (χ2n) is 4.86. The molecule has 7 heteroatoms. The average molecular weight is 306 g/mol. The molecule has 0 aromatic heterocycles. The first-order chi connectivity index (χ1) is 9.80. The van der Waals surface area contributed by atoms with Crippen molar-refractivity contribution in [2.45, 2.75) is 25.2 Å². The van der Waals surface area contributed by atoms with Crippen molar-refractivity contribution >= 4 is 0 Å². The summed E-state index contributed by atoms with van der Waals surface area (Å²) in [7, 11) is 1.46. The maximum Gasteiger partial charge on any atom is 0.401 e. The second kappa shape index (κ2) is 7.63. The molecule has 3 N–H and O–H groups in total. The summed E-state index contributed by atoms with van der Waals surface area (Å²) in [6, 6.07) is 5.56. The lowest BCUT2D eigenvalue weighted by Crippen LogP contribution is -2.45. The van der Waals surface area contributed by atoms with Crippen molar-refractivity contribution in [3.05, 3.63) is 29.8 Å². The molecule has 0 fully saturated rings. The van der Waals surface area contributed by atoms with Crippen LogP contribution in [0.25, 0.3) is 0 Å². The third-order valence-electron chi connectivity index (χ3n) is 3.12. The molecule has 0 radical (unpaired) electrons. The molecule has 2 atom stereocenters. The topological polar surface area (TPSA) is 58.7 Å². The largest absolute Gasteiger partial charge is 0.496 e. The Morgan fingerprint density at radius 2 is 1.95 bits per heavy atom. The minimum atomic E-state index is -4.37. The summed E-state index contributed by atoms with van der Waals surface area (Å²) in [5, 5.41) is 9.06. The van der Waals surface area contributed by atoms with Crippen LogP contribution in [0.1, 0.15) is 18.5 Å². The van der Waals surface area contributed by atoms with Crippen LogP contribution in [0.4, 0.5) is 13.2 Å². The van der Waals surface area contributed by atoms with Gasteiger partial charge in [-0.1, -0.05) is 18.2 Å². The van der Waals surface area contributed by atoms with E-state index in [1.807, 2.05) is 0 Å². The van der Waals surface area contributed by atoms with E-state index in [0.29, 0.717) is 11.3 Å². The van der Waals surface area contributed by atoms with Gasteiger partial charge in [0.1, 0.15) is 5.75 Å². The molecule has 2 unspecified atom stereocenters. The highest BCUT2D eigenvalue weighted by molar-refractivity contribution is 5.36. The van der Waals surface area contributed by atoms with Gasteiger partial charge >= 0.3 is 6.18 Å². The third kappa shape index (κ3) is 5.18.